The van der Waals surface area contributed by atoms with Gasteiger partial charge >= 0.3 is 5.97 Å². The quantitative estimate of drug-likeness (QED) is 0.238. The van der Waals surface area contributed by atoms with Gasteiger partial charge < -0.3 is 9.47 Å². The van der Waals surface area contributed by atoms with E-state index in [1.165, 1.54) is 5.01 Å². The topological polar surface area (TPSA) is 75.9 Å². The van der Waals surface area contributed by atoms with Gasteiger partial charge in [0.15, 0.2) is 0 Å². The van der Waals surface area contributed by atoms with E-state index < -0.39 is 5.54 Å². The zero-order valence-corrected chi connectivity index (χ0v) is 21.9. The summed E-state index contributed by atoms with van der Waals surface area (Å²) in [6.07, 6.45) is 0. The number of fused-ring (bicyclic) bond motifs is 1. The van der Waals surface area contributed by atoms with Crippen LogP contribution >= 0.6 is 0 Å². The van der Waals surface area contributed by atoms with Gasteiger partial charge in [-0.15, -0.1) is 0 Å². The molecule has 2 unspecified atom stereocenters. The molecule has 7 nitrogen and oxygen atoms in total. The van der Waals surface area contributed by atoms with Crippen LogP contribution in [0.5, 0.6) is 11.5 Å². The highest BCUT2D eigenvalue weighted by atomic mass is 16.5. The van der Waals surface area contributed by atoms with Gasteiger partial charge in [0.2, 0.25) is 0 Å². The van der Waals surface area contributed by atoms with Crippen LogP contribution in [-0.2, 0) is 16.1 Å². The lowest BCUT2D eigenvalue weighted by atomic mass is 10.0. The van der Waals surface area contributed by atoms with Crippen molar-refractivity contribution < 1.29 is 23.9 Å². The summed E-state index contributed by atoms with van der Waals surface area (Å²) in [4.78, 5) is 39.5. The van der Waals surface area contributed by atoms with Crippen LogP contribution in [0.3, 0.4) is 0 Å². The number of carbonyl (C=O) groups is 3. The normalized spacial score (nSPS) is 26.1. The molecule has 2 aliphatic heterocycles. The van der Waals surface area contributed by atoms with Gasteiger partial charge in [-0.3, -0.25) is 14.4 Å². The minimum absolute atomic E-state index is 0.0398. The summed E-state index contributed by atoms with van der Waals surface area (Å²) in [5.74, 6) is 0.162. The van der Waals surface area contributed by atoms with Crippen molar-refractivity contribution in [1.29, 1.82) is 0 Å². The number of nitrogens with zero attached hydrogens (tertiary/aromatic N) is 2. The molecular formula is C31H30N2O5. The highest BCUT2D eigenvalue weighted by Gasteiger charge is 2.77. The Morgan fingerprint density at radius 3 is 2.08 bits per heavy atom. The number of imide groups is 1. The maximum atomic E-state index is 13.2. The van der Waals surface area contributed by atoms with Gasteiger partial charge in [0.05, 0.1) is 28.6 Å². The van der Waals surface area contributed by atoms with Crippen molar-refractivity contribution in [2.24, 2.45) is 17.3 Å². The molecule has 1 saturated heterocycles. The van der Waals surface area contributed by atoms with E-state index in [0.29, 0.717) is 16.9 Å². The lowest BCUT2D eigenvalue weighted by Crippen LogP contribution is -2.38. The first-order valence-electron chi connectivity index (χ1n) is 12.9. The van der Waals surface area contributed by atoms with E-state index in [9.17, 15) is 14.4 Å². The number of hydrazine groups is 1. The SMILES string of the molecule is CC1(C)C([C@@H]2N(N3C(=O)c4ccccc4C3=O)C2(C)C)[C@H]1C(=O)OCc1cccc(Oc2ccccc2)c1. The molecule has 1 saturated carbocycles. The van der Waals surface area contributed by atoms with E-state index in [1.807, 2.05) is 87.3 Å². The van der Waals surface area contributed by atoms with Gasteiger partial charge in [-0.1, -0.05) is 56.3 Å². The molecule has 0 bridgehead atoms. The second kappa shape index (κ2) is 8.53. The fourth-order valence-electron chi connectivity index (χ4n) is 6.13. The van der Waals surface area contributed by atoms with Gasteiger partial charge in [0, 0.05) is 0 Å². The van der Waals surface area contributed by atoms with E-state index in [2.05, 4.69) is 0 Å². The summed E-state index contributed by atoms with van der Waals surface area (Å²) in [6, 6.07) is 23.8. The Morgan fingerprint density at radius 2 is 1.42 bits per heavy atom. The third kappa shape index (κ3) is 3.80. The summed E-state index contributed by atoms with van der Waals surface area (Å²) in [7, 11) is 0. The van der Waals surface area contributed by atoms with Crippen LogP contribution in [0.2, 0.25) is 0 Å². The Kier molecular flexibility index (Phi) is 5.47. The first-order valence-corrected chi connectivity index (χ1v) is 12.9. The van der Waals surface area contributed by atoms with E-state index in [0.717, 1.165) is 11.3 Å². The zero-order valence-electron chi connectivity index (χ0n) is 21.9. The highest BCUT2D eigenvalue weighted by molar-refractivity contribution is 6.21. The van der Waals surface area contributed by atoms with Crippen LogP contribution in [0.4, 0.5) is 0 Å². The Morgan fingerprint density at radius 1 is 0.816 bits per heavy atom. The van der Waals surface area contributed by atoms with Crippen LogP contribution in [0.1, 0.15) is 54.0 Å². The minimum Gasteiger partial charge on any atom is -0.461 e. The summed E-state index contributed by atoms with van der Waals surface area (Å²) < 4.78 is 11.7. The molecule has 7 heteroatoms. The molecule has 0 spiro atoms. The van der Waals surface area contributed by atoms with Gasteiger partial charge in [0.25, 0.3) is 11.8 Å². The number of esters is 1. The number of hydrogen-bond acceptors (Lipinski definition) is 6. The van der Waals surface area contributed by atoms with Crippen LogP contribution in [0.15, 0.2) is 78.9 Å². The first-order chi connectivity index (χ1) is 18.1. The first kappa shape index (κ1) is 24.4. The molecule has 0 N–H and O–H groups in total. The molecule has 0 radical (unpaired) electrons. The van der Waals surface area contributed by atoms with E-state index in [4.69, 9.17) is 9.47 Å². The number of rotatable bonds is 7. The smallest absolute Gasteiger partial charge is 0.310 e. The van der Waals surface area contributed by atoms with Crippen LogP contribution in [-0.4, -0.2) is 39.4 Å². The predicted octanol–water partition coefficient (Wildman–Crippen LogP) is 5.47. The van der Waals surface area contributed by atoms with Crippen LogP contribution in [0.25, 0.3) is 0 Å². The van der Waals surface area contributed by atoms with Crippen LogP contribution in [0, 0.1) is 17.3 Å². The Hall–Kier alpha value is -3.97. The number of para-hydroxylation sites is 1. The van der Waals surface area contributed by atoms with Crippen molar-refractivity contribution >= 4 is 17.8 Å². The van der Waals surface area contributed by atoms with Crippen LogP contribution < -0.4 is 4.74 Å². The van der Waals surface area contributed by atoms with E-state index in [-0.39, 0.29) is 47.7 Å². The van der Waals surface area contributed by atoms with Gasteiger partial charge in [0.1, 0.15) is 18.1 Å². The summed E-state index contributed by atoms with van der Waals surface area (Å²) in [5, 5.41) is 3.12. The van der Waals surface area contributed by atoms with Gasteiger partial charge in [-0.2, -0.15) is 5.01 Å². The second-order valence-electron chi connectivity index (χ2n) is 11.4. The second-order valence-corrected chi connectivity index (χ2v) is 11.4. The molecule has 2 amide bonds. The molecule has 3 aliphatic rings. The number of carbonyl (C=O) groups excluding carboxylic acids is 3. The molecule has 2 fully saturated rings. The molecule has 3 aromatic carbocycles. The fraction of sp³-hybridized carbons (Fsp3) is 0.323. The molecule has 1 aliphatic carbocycles. The highest BCUT2D eigenvalue weighted by Crippen LogP contribution is 2.68. The molecule has 6 rings (SSSR count). The number of amides is 2. The minimum atomic E-state index is -0.437. The molecule has 0 aromatic heterocycles. The van der Waals surface area contributed by atoms with Crippen molar-refractivity contribution in [3.8, 4) is 11.5 Å². The number of hydrogen-bond donors (Lipinski definition) is 0. The number of benzene rings is 3. The average molecular weight is 511 g/mol. The monoisotopic (exact) mass is 510 g/mol. The summed E-state index contributed by atoms with van der Waals surface area (Å²) in [5.41, 5.74) is 0.922. The van der Waals surface area contributed by atoms with Gasteiger partial charge in [-0.05, 0) is 67.1 Å². The Bertz CT molecular complexity index is 1410. The van der Waals surface area contributed by atoms with Crippen molar-refractivity contribution in [2.75, 3.05) is 0 Å². The lowest BCUT2D eigenvalue weighted by Gasteiger charge is -2.18. The average Bonchev–Trinajstić information content (AvgIpc) is 3.63. The molecule has 38 heavy (non-hydrogen) atoms. The molecular weight excluding hydrogens is 480 g/mol. The fourth-order valence-corrected chi connectivity index (χ4v) is 6.13. The summed E-state index contributed by atoms with van der Waals surface area (Å²) in [6.45, 7) is 8.26. The Labute approximate surface area is 221 Å². The predicted molar refractivity (Wildman–Crippen MR) is 140 cm³/mol. The van der Waals surface area contributed by atoms with E-state index >= 15 is 0 Å². The Balaban J connectivity index is 1.13. The van der Waals surface area contributed by atoms with E-state index in [1.54, 1.807) is 24.3 Å². The molecule has 4 atom stereocenters. The van der Waals surface area contributed by atoms with Crippen molar-refractivity contribution in [1.82, 2.24) is 10.0 Å². The van der Waals surface area contributed by atoms with Crippen molar-refractivity contribution in [3.63, 3.8) is 0 Å². The maximum Gasteiger partial charge on any atom is 0.310 e. The standard InChI is InChI=1S/C31H30N2O5/c1-30(2)24(26-31(3,4)33(26)32-27(34)22-15-8-9-16-23(22)28(32)35)25(30)29(36)37-18-19-11-10-14-21(17-19)38-20-12-6-5-7-13-20/h5-17,24-26H,18H2,1-4H3/t24?,25-,26-,33?/m0/s1. The molecule has 2 heterocycles. The molecule has 194 valence electrons. The summed E-state index contributed by atoms with van der Waals surface area (Å²) >= 11 is 0. The third-order valence-electron chi connectivity index (χ3n) is 8.26. The van der Waals surface area contributed by atoms with Crippen molar-refractivity contribution in [2.45, 2.75) is 45.9 Å². The number of ether oxygens (including phenoxy) is 2. The molecule has 3 aromatic rings. The van der Waals surface area contributed by atoms with Crippen molar-refractivity contribution in [3.05, 3.63) is 95.6 Å². The lowest BCUT2D eigenvalue weighted by molar-refractivity contribution is -0.147. The maximum absolute atomic E-state index is 13.2. The third-order valence-corrected chi connectivity index (χ3v) is 8.26. The van der Waals surface area contributed by atoms with Gasteiger partial charge in [-0.25, -0.2) is 5.01 Å². The zero-order chi connectivity index (χ0) is 26.8. The largest absolute Gasteiger partial charge is 0.461 e.